The van der Waals surface area contributed by atoms with Crippen LogP contribution in [0.2, 0.25) is 0 Å². The van der Waals surface area contributed by atoms with E-state index in [1.807, 2.05) is 0 Å². The van der Waals surface area contributed by atoms with Crippen LogP contribution in [0.4, 0.5) is 23.8 Å². The van der Waals surface area contributed by atoms with Gasteiger partial charge in [-0.2, -0.15) is 13.2 Å². The molecule has 12 heteroatoms. The zero-order chi connectivity index (χ0) is 26.6. The number of hydrogen-bond acceptors (Lipinski definition) is 4. The number of imidazole rings is 1. The van der Waals surface area contributed by atoms with Crippen LogP contribution >= 0.6 is 0 Å². The number of amides is 4. The molecule has 0 bridgehead atoms. The number of H-pyrrole nitrogens is 1. The zero-order valence-electron chi connectivity index (χ0n) is 20.1. The molecule has 2 fully saturated rings. The number of halogens is 3. The normalized spacial score (nSPS) is 17.8. The van der Waals surface area contributed by atoms with E-state index in [1.54, 1.807) is 9.80 Å². The number of piperidine rings is 2. The molecule has 0 aliphatic carbocycles. The van der Waals surface area contributed by atoms with Crippen molar-refractivity contribution in [3.63, 3.8) is 0 Å². The molecule has 1 aromatic heterocycles. The van der Waals surface area contributed by atoms with Crippen LogP contribution in [-0.4, -0.2) is 63.8 Å². The van der Waals surface area contributed by atoms with Crippen LogP contribution in [0.1, 0.15) is 47.3 Å². The second-order valence-electron chi connectivity index (χ2n) is 9.36. The molecule has 3 heterocycles. The SMILES string of the molecule is NC(=O)c1[nH]cnc1NC(=O)N1CCC(C2CCN(C(=O)C=Cc3cccc(C(F)(F)F)c3)CC2)CC1. The fourth-order valence-electron chi connectivity index (χ4n) is 5.01. The van der Waals surface area contributed by atoms with Gasteiger partial charge in [-0.3, -0.25) is 14.9 Å². The fraction of sp³-hybridized carbons (Fsp3) is 0.440. The number of rotatable bonds is 5. The Hall–Kier alpha value is -3.83. The van der Waals surface area contributed by atoms with Crippen molar-refractivity contribution >= 4 is 29.7 Å². The number of nitrogens with one attached hydrogen (secondary N) is 2. The smallest absolute Gasteiger partial charge is 0.364 e. The quantitative estimate of drug-likeness (QED) is 0.522. The monoisotopic (exact) mass is 518 g/mol. The molecule has 2 aromatic rings. The highest BCUT2D eigenvalue weighted by Gasteiger charge is 2.32. The van der Waals surface area contributed by atoms with Gasteiger partial charge in [-0.1, -0.05) is 12.1 Å². The highest BCUT2D eigenvalue weighted by atomic mass is 19.4. The molecule has 0 saturated carbocycles. The van der Waals surface area contributed by atoms with E-state index < -0.39 is 17.6 Å². The van der Waals surface area contributed by atoms with Gasteiger partial charge >= 0.3 is 12.2 Å². The number of nitrogens with zero attached hydrogens (tertiary/aromatic N) is 3. The number of nitrogens with two attached hydrogens (primary N) is 1. The van der Waals surface area contributed by atoms with Crippen molar-refractivity contribution in [1.82, 2.24) is 19.8 Å². The van der Waals surface area contributed by atoms with Crippen molar-refractivity contribution < 1.29 is 27.6 Å². The lowest BCUT2D eigenvalue weighted by Crippen LogP contribution is -2.45. The lowest BCUT2D eigenvalue weighted by atomic mass is 9.79. The van der Waals surface area contributed by atoms with Crippen LogP contribution in [0.25, 0.3) is 6.08 Å². The van der Waals surface area contributed by atoms with E-state index in [-0.39, 0.29) is 23.5 Å². The highest BCUT2D eigenvalue weighted by Crippen LogP contribution is 2.33. The molecule has 0 atom stereocenters. The standard InChI is InChI=1S/C25H29F3N6O3/c26-25(27,28)19-3-1-2-16(14-19)4-5-20(35)33-10-6-17(7-11-33)18-8-12-34(13-9-18)24(37)32-23-21(22(29)36)30-15-31-23/h1-5,14-15,17-18H,6-13H2,(H2,29,36)(H,30,31)(H,32,37). The summed E-state index contributed by atoms with van der Waals surface area (Å²) in [5.74, 6) is 0.0697. The van der Waals surface area contributed by atoms with Gasteiger partial charge in [-0.25, -0.2) is 9.78 Å². The number of aromatic amines is 1. The topological polar surface area (TPSA) is 124 Å². The van der Waals surface area contributed by atoms with Crippen LogP contribution in [0.5, 0.6) is 0 Å². The molecule has 2 aliphatic rings. The Morgan fingerprint density at radius 3 is 2.24 bits per heavy atom. The third-order valence-corrected chi connectivity index (χ3v) is 7.09. The summed E-state index contributed by atoms with van der Waals surface area (Å²) in [6, 6.07) is 4.54. The van der Waals surface area contributed by atoms with E-state index in [9.17, 15) is 27.6 Å². The number of anilines is 1. The average molecular weight is 519 g/mol. The Bertz CT molecular complexity index is 1160. The van der Waals surface area contributed by atoms with Crippen molar-refractivity contribution in [3.05, 3.63) is 53.5 Å². The summed E-state index contributed by atoms with van der Waals surface area (Å²) in [4.78, 5) is 46.5. The maximum Gasteiger partial charge on any atom is 0.416 e. The maximum atomic E-state index is 12.9. The van der Waals surface area contributed by atoms with Gasteiger partial charge < -0.3 is 20.5 Å². The number of alkyl halides is 3. The molecular formula is C25H29F3N6O3. The first-order valence-corrected chi connectivity index (χ1v) is 12.1. The fourth-order valence-corrected chi connectivity index (χ4v) is 5.01. The summed E-state index contributed by atoms with van der Waals surface area (Å²) < 4.78 is 38.7. The Labute approximate surface area is 211 Å². The van der Waals surface area contributed by atoms with Gasteiger partial charge in [0.1, 0.15) is 5.69 Å². The van der Waals surface area contributed by atoms with Crippen LogP contribution in [-0.2, 0) is 11.0 Å². The van der Waals surface area contributed by atoms with Crippen molar-refractivity contribution in [1.29, 1.82) is 0 Å². The summed E-state index contributed by atoms with van der Waals surface area (Å²) in [6.45, 7) is 2.33. The van der Waals surface area contributed by atoms with E-state index in [0.29, 0.717) is 43.6 Å². The molecule has 4 rings (SSSR count). The van der Waals surface area contributed by atoms with Gasteiger partial charge in [0, 0.05) is 32.3 Å². The Balaban J connectivity index is 1.22. The molecule has 198 valence electrons. The molecule has 37 heavy (non-hydrogen) atoms. The van der Waals surface area contributed by atoms with E-state index in [4.69, 9.17) is 5.73 Å². The number of benzene rings is 1. The molecule has 2 aliphatic heterocycles. The minimum atomic E-state index is -4.43. The number of carbonyl (C=O) groups excluding carboxylic acids is 3. The van der Waals surface area contributed by atoms with Gasteiger partial charge in [0.25, 0.3) is 5.91 Å². The average Bonchev–Trinajstić information content (AvgIpc) is 3.35. The van der Waals surface area contributed by atoms with Crippen LogP contribution in [0.15, 0.2) is 36.7 Å². The van der Waals surface area contributed by atoms with Crippen LogP contribution in [0.3, 0.4) is 0 Å². The lowest BCUT2D eigenvalue weighted by molar-refractivity contribution is -0.137. The van der Waals surface area contributed by atoms with Crippen LogP contribution < -0.4 is 11.1 Å². The molecule has 4 amide bonds. The summed E-state index contributed by atoms with van der Waals surface area (Å²) in [7, 11) is 0. The Morgan fingerprint density at radius 1 is 1.03 bits per heavy atom. The second kappa shape index (κ2) is 11.1. The van der Waals surface area contributed by atoms with Crippen LogP contribution in [0, 0.1) is 11.8 Å². The number of aromatic nitrogens is 2. The van der Waals surface area contributed by atoms with Gasteiger partial charge in [-0.15, -0.1) is 0 Å². The third-order valence-electron chi connectivity index (χ3n) is 7.09. The predicted molar refractivity (Wildman–Crippen MR) is 130 cm³/mol. The Morgan fingerprint density at radius 2 is 1.65 bits per heavy atom. The number of urea groups is 1. The molecular weight excluding hydrogens is 489 g/mol. The first kappa shape index (κ1) is 26.2. The van der Waals surface area contributed by atoms with E-state index in [1.165, 1.54) is 30.6 Å². The number of carbonyl (C=O) groups is 3. The third kappa shape index (κ3) is 6.49. The first-order valence-electron chi connectivity index (χ1n) is 12.1. The summed E-state index contributed by atoms with van der Waals surface area (Å²) in [6.07, 6.45) is 2.97. The van der Waals surface area contributed by atoms with E-state index in [0.717, 1.165) is 37.8 Å². The van der Waals surface area contributed by atoms with E-state index in [2.05, 4.69) is 15.3 Å². The van der Waals surface area contributed by atoms with Crippen molar-refractivity contribution in [2.24, 2.45) is 17.6 Å². The molecule has 1 aromatic carbocycles. The highest BCUT2D eigenvalue weighted by molar-refractivity contribution is 6.00. The maximum absolute atomic E-state index is 12.9. The summed E-state index contributed by atoms with van der Waals surface area (Å²) in [5, 5.41) is 2.63. The molecule has 4 N–H and O–H groups in total. The van der Waals surface area contributed by atoms with Crippen molar-refractivity contribution in [3.8, 4) is 0 Å². The number of primary amides is 1. The van der Waals surface area contributed by atoms with Gasteiger partial charge in [0.05, 0.1) is 11.9 Å². The molecule has 9 nitrogen and oxygen atoms in total. The lowest BCUT2D eigenvalue weighted by Gasteiger charge is -2.40. The van der Waals surface area contributed by atoms with E-state index >= 15 is 0 Å². The molecule has 0 radical (unpaired) electrons. The molecule has 0 spiro atoms. The largest absolute Gasteiger partial charge is 0.416 e. The number of hydrogen-bond donors (Lipinski definition) is 3. The minimum absolute atomic E-state index is 0.0502. The van der Waals surface area contributed by atoms with Gasteiger partial charge in [0.2, 0.25) is 5.91 Å². The van der Waals surface area contributed by atoms with Gasteiger partial charge in [-0.05, 0) is 61.3 Å². The summed E-state index contributed by atoms with van der Waals surface area (Å²) in [5.41, 5.74) is 4.89. The van der Waals surface area contributed by atoms with Crippen molar-refractivity contribution in [2.45, 2.75) is 31.9 Å². The predicted octanol–water partition coefficient (Wildman–Crippen LogP) is 3.72. The molecule has 0 unspecified atom stereocenters. The second-order valence-corrected chi connectivity index (χ2v) is 9.36. The Kier molecular flexibility index (Phi) is 7.84. The first-order chi connectivity index (χ1) is 17.6. The van der Waals surface area contributed by atoms with Crippen molar-refractivity contribution in [2.75, 3.05) is 31.5 Å². The summed E-state index contributed by atoms with van der Waals surface area (Å²) >= 11 is 0. The van der Waals surface area contributed by atoms with Gasteiger partial charge in [0.15, 0.2) is 5.82 Å². The number of likely N-dealkylation sites (tertiary alicyclic amines) is 2. The minimum Gasteiger partial charge on any atom is -0.364 e. The zero-order valence-corrected chi connectivity index (χ0v) is 20.1. The molecule has 2 saturated heterocycles.